The second kappa shape index (κ2) is 5.76. The summed E-state index contributed by atoms with van der Waals surface area (Å²) in [7, 11) is -2.11. The van der Waals surface area contributed by atoms with Gasteiger partial charge in [0.05, 0.1) is 17.3 Å². The van der Waals surface area contributed by atoms with Crippen molar-refractivity contribution >= 4 is 25.8 Å². The topological polar surface area (TPSA) is 91.8 Å². The number of rotatable bonds is 5. The van der Waals surface area contributed by atoms with Gasteiger partial charge in [-0.3, -0.25) is 4.79 Å². The van der Waals surface area contributed by atoms with Gasteiger partial charge in [0.2, 0.25) is 15.9 Å². The van der Waals surface area contributed by atoms with E-state index < -0.39 is 19.9 Å². The van der Waals surface area contributed by atoms with Gasteiger partial charge in [-0.2, -0.15) is 0 Å². The van der Waals surface area contributed by atoms with Gasteiger partial charge in [-0.1, -0.05) is 0 Å². The second-order valence-corrected chi connectivity index (χ2v) is 9.44. The predicted octanol–water partition coefficient (Wildman–Crippen LogP) is -1.09. The molecular formula is C10H20N2O5S2. The average Bonchev–Trinajstić information content (AvgIpc) is 2.65. The summed E-state index contributed by atoms with van der Waals surface area (Å²) in [6.45, 7) is 0. The average molecular weight is 312 g/mol. The Morgan fingerprint density at radius 2 is 1.84 bits per heavy atom. The summed E-state index contributed by atoms with van der Waals surface area (Å²) in [4.78, 5) is 13.2. The van der Waals surface area contributed by atoms with Crippen LogP contribution in [0, 0.1) is 0 Å². The van der Waals surface area contributed by atoms with Gasteiger partial charge in [-0.25, -0.2) is 21.1 Å². The van der Waals surface area contributed by atoms with Crippen molar-refractivity contribution in [1.29, 1.82) is 0 Å². The van der Waals surface area contributed by atoms with Crippen molar-refractivity contribution in [3.05, 3.63) is 0 Å². The molecule has 0 saturated carbocycles. The Bertz CT molecular complexity index is 538. The fourth-order valence-corrected chi connectivity index (χ4v) is 4.43. The number of sulfone groups is 1. The third-order valence-electron chi connectivity index (χ3n) is 3.28. The highest BCUT2D eigenvalue weighted by Crippen LogP contribution is 2.17. The van der Waals surface area contributed by atoms with Crippen molar-refractivity contribution in [2.45, 2.75) is 18.9 Å². The molecule has 1 heterocycles. The number of carbonyl (C=O) groups excluding carboxylic acids is 1. The third-order valence-corrected chi connectivity index (χ3v) is 6.86. The van der Waals surface area contributed by atoms with Crippen molar-refractivity contribution in [3.63, 3.8) is 0 Å². The van der Waals surface area contributed by atoms with Gasteiger partial charge in [0.15, 0.2) is 9.84 Å². The molecular weight excluding hydrogens is 292 g/mol. The van der Waals surface area contributed by atoms with Gasteiger partial charge < -0.3 is 4.90 Å². The van der Waals surface area contributed by atoms with Gasteiger partial charge in [0.25, 0.3) is 0 Å². The van der Waals surface area contributed by atoms with E-state index in [0.29, 0.717) is 6.42 Å². The fraction of sp³-hybridized carbons (Fsp3) is 0.900. The van der Waals surface area contributed by atoms with E-state index >= 15 is 0 Å². The smallest absolute Gasteiger partial charge is 0.223 e. The SMILES string of the molecule is CN(C(=O)CCS(=O)(=O)N(C)C)C1CCS(=O)(=O)C1. The summed E-state index contributed by atoms with van der Waals surface area (Å²) >= 11 is 0. The number of amides is 1. The van der Waals surface area contributed by atoms with Crippen LogP contribution in [0.15, 0.2) is 0 Å². The number of hydrogen-bond donors (Lipinski definition) is 0. The minimum atomic E-state index is -3.41. The molecule has 0 aromatic rings. The van der Waals surface area contributed by atoms with Crippen LogP contribution in [0.1, 0.15) is 12.8 Å². The summed E-state index contributed by atoms with van der Waals surface area (Å²) < 4.78 is 46.8. The van der Waals surface area contributed by atoms with E-state index in [9.17, 15) is 21.6 Å². The van der Waals surface area contributed by atoms with E-state index in [1.165, 1.54) is 26.0 Å². The molecule has 9 heteroatoms. The summed E-state index contributed by atoms with van der Waals surface area (Å²) in [6, 6.07) is -0.334. The Morgan fingerprint density at radius 3 is 2.26 bits per heavy atom. The number of sulfonamides is 1. The monoisotopic (exact) mass is 312 g/mol. The first kappa shape index (κ1) is 16.4. The van der Waals surface area contributed by atoms with Crippen LogP contribution in [0.2, 0.25) is 0 Å². The Hall–Kier alpha value is -0.670. The van der Waals surface area contributed by atoms with Crippen molar-refractivity contribution in [2.24, 2.45) is 0 Å². The molecule has 1 saturated heterocycles. The molecule has 0 aromatic heterocycles. The summed E-state index contributed by atoms with van der Waals surface area (Å²) in [5.74, 6) is -0.545. The lowest BCUT2D eigenvalue weighted by Gasteiger charge is -2.23. The maximum absolute atomic E-state index is 11.9. The summed E-state index contributed by atoms with van der Waals surface area (Å²) in [6.07, 6.45) is 0.290. The van der Waals surface area contributed by atoms with E-state index in [-0.39, 0.29) is 35.6 Å². The second-order valence-electron chi connectivity index (χ2n) is 4.91. The lowest BCUT2D eigenvalue weighted by molar-refractivity contribution is -0.131. The lowest BCUT2D eigenvalue weighted by atomic mass is 10.2. The number of hydrogen-bond acceptors (Lipinski definition) is 5. The predicted molar refractivity (Wildman–Crippen MR) is 71.9 cm³/mol. The molecule has 1 amide bonds. The number of carbonyl (C=O) groups is 1. The van der Waals surface area contributed by atoms with Gasteiger partial charge >= 0.3 is 0 Å². The zero-order valence-corrected chi connectivity index (χ0v) is 13.0. The van der Waals surface area contributed by atoms with Crippen LogP contribution in [0.3, 0.4) is 0 Å². The lowest BCUT2D eigenvalue weighted by Crippen LogP contribution is -2.39. The molecule has 0 N–H and O–H groups in total. The van der Waals surface area contributed by atoms with Crippen molar-refractivity contribution in [1.82, 2.24) is 9.21 Å². The van der Waals surface area contributed by atoms with Crippen LogP contribution in [0.5, 0.6) is 0 Å². The molecule has 0 bridgehead atoms. The fourth-order valence-electron chi connectivity index (χ4n) is 1.86. The molecule has 1 unspecified atom stereocenters. The van der Waals surface area contributed by atoms with E-state index in [1.807, 2.05) is 0 Å². The van der Waals surface area contributed by atoms with Gasteiger partial charge in [-0.05, 0) is 6.42 Å². The molecule has 1 atom stereocenters. The highest BCUT2D eigenvalue weighted by molar-refractivity contribution is 7.91. The molecule has 1 fully saturated rings. The highest BCUT2D eigenvalue weighted by Gasteiger charge is 2.32. The maximum atomic E-state index is 11.9. The minimum Gasteiger partial charge on any atom is -0.342 e. The Morgan fingerprint density at radius 1 is 1.26 bits per heavy atom. The van der Waals surface area contributed by atoms with Gasteiger partial charge in [0.1, 0.15) is 0 Å². The molecule has 7 nitrogen and oxygen atoms in total. The normalized spacial score (nSPS) is 22.6. The van der Waals surface area contributed by atoms with Gasteiger partial charge in [0, 0.05) is 33.6 Å². The maximum Gasteiger partial charge on any atom is 0.223 e. The van der Waals surface area contributed by atoms with E-state index in [2.05, 4.69) is 0 Å². The zero-order chi connectivity index (χ0) is 14.8. The van der Waals surface area contributed by atoms with Crippen LogP contribution in [0.4, 0.5) is 0 Å². The Balaban J connectivity index is 2.56. The zero-order valence-electron chi connectivity index (χ0n) is 11.4. The molecule has 0 aromatic carbocycles. The van der Waals surface area contributed by atoms with Crippen LogP contribution in [-0.4, -0.2) is 76.4 Å². The van der Waals surface area contributed by atoms with E-state index in [0.717, 1.165) is 4.31 Å². The van der Waals surface area contributed by atoms with E-state index in [4.69, 9.17) is 0 Å². The first-order valence-corrected chi connectivity index (χ1v) is 9.34. The first-order valence-electron chi connectivity index (χ1n) is 5.91. The van der Waals surface area contributed by atoms with Crippen LogP contribution < -0.4 is 0 Å². The first-order chi connectivity index (χ1) is 8.55. The van der Waals surface area contributed by atoms with Crippen molar-refractivity contribution in [3.8, 4) is 0 Å². The molecule has 0 spiro atoms. The summed E-state index contributed by atoms with van der Waals surface area (Å²) in [5.41, 5.74) is 0. The number of nitrogens with zero attached hydrogens (tertiary/aromatic N) is 2. The minimum absolute atomic E-state index is 0.0321. The molecule has 19 heavy (non-hydrogen) atoms. The molecule has 0 radical (unpaired) electrons. The molecule has 1 aliphatic heterocycles. The van der Waals surface area contributed by atoms with Crippen molar-refractivity contribution < 1.29 is 21.6 Å². The largest absolute Gasteiger partial charge is 0.342 e. The molecule has 0 aliphatic carbocycles. The van der Waals surface area contributed by atoms with Crippen molar-refractivity contribution in [2.75, 3.05) is 38.4 Å². The Kier molecular flexibility index (Phi) is 4.97. The quantitative estimate of drug-likeness (QED) is 0.643. The standard InChI is InChI=1S/C10H20N2O5S2/c1-11(2)19(16,17)7-5-10(13)12(3)9-4-6-18(14,15)8-9/h9H,4-8H2,1-3H3. The Labute approximate surface area is 114 Å². The summed E-state index contributed by atoms with van der Waals surface area (Å²) in [5, 5.41) is 0. The van der Waals surface area contributed by atoms with Crippen LogP contribution >= 0.6 is 0 Å². The molecule has 1 aliphatic rings. The van der Waals surface area contributed by atoms with Crippen LogP contribution in [0.25, 0.3) is 0 Å². The third kappa shape index (κ3) is 4.43. The molecule has 112 valence electrons. The molecule has 1 rings (SSSR count). The van der Waals surface area contributed by atoms with E-state index in [1.54, 1.807) is 0 Å². The highest BCUT2D eigenvalue weighted by atomic mass is 32.2. The van der Waals surface area contributed by atoms with Gasteiger partial charge in [-0.15, -0.1) is 0 Å². The van der Waals surface area contributed by atoms with Crippen LogP contribution in [-0.2, 0) is 24.7 Å².